The zero-order chi connectivity index (χ0) is 14.6. The lowest BCUT2D eigenvalue weighted by Crippen LogP contribution is -2.39. The molecule has 2 rings (SSSR count). The van der Waals surface area contributed by atoms with Crippen LogP contribution in [0.3, 0.4) is 0 Å². The van der Waals surface area contributed by atoms with Crippen molar-refractivity contribution in [2.45, 2.75) is 44.4 Å². The van der Waals surface area contributed by atoms with E-state index in [1.807, 2.05) is 0 Å². The predicted molar refractivity (Wildman–Crippen MR) is 72.1 cm³/mol. The van der Waals surface area contributed by atoms with Crippen LogP contribution < -0.4 is 0 Å². The van der Waals surface area contributed by atoms with Crippen molar-refractivity contribution in [2.75, 3.05) is 0 Å². The van der Waals surface area contributed by atoms with E-state index in [4.69, 9.17) is 0 Å². The Bertz CT molecular complexity index is 480. The number of hydrogen-bond donors (Lipinski definition) is 0. The highest BCUT2D eigenvalue weighted by atomic mass is 19.3. The summed E-state index contributed by atoms with van der Waals surface area (Å²) < 4.78 is 28.3. The quantitative estimate of drug-likeness (QED) is 0.789. The molecular weight excluding hydrogens is 262 g/mol. The Hall–Kier alpha value is -1.58. The number of halogens is 2. The number of Topliss-reactive ketones (excluding diaryl/α,β-unsaturated/α-hetero) is 1. The summed E-state index contributed by atoms with van der Waals surface area (Å²) in [7, 11) is 0. The van der Waals surface area contributed by atoms with Crippen molar-refractivity contribution in [1.29, 1.82) is 0 Å². The van der Waals surface area contributed by atoms with Gasteiger partial charge in [-0.3, -0.25) is 9.59 Å². The average molecular weight is 280 g/mol. The van der Waals surface area contributed by atoms with E-state index in [1.165, 1.54) is 0 Å². The third-order valence-electron chi connectivity index (χ3n) is 3.94. The van der Waals surface area contributed by atoms with E-state index in [0.717, 1.165) is 24.7 Å². The molecule has 1 aliphatic carbocycles. The Morgan fingerprint density at radius 2 is 1.85 bits per heavy atom. The predicted octanol–water partition coefficient (Wildman–Crippen LogP) is 3.83. The SMILES string of the molecule is O=Cc1ccc(CC2CCCCCC(=O)C2(F)F)cc1. The average Bonchev–Trinajstić information content (AvgIpc) is 2.45. The molecule has 0 aromatic heterocycles. The van der Waals surface area contributed by atoms with Gasteiger partial charge in [-0.25, -0.2) is 0 Å². The molecule has 0 bridgehead atoms. The van der Waals surface area contributed by atoms with Gasteiger partial charge in [0.25, 0.3) is 0 Å². The van der Waals surface area contributed by atoms with Gasteiger partial charge in [0.15, 0.2) is 0 Å². The van der Waals surface area contributed by atoms with Gasteiger partial charge in [0, 0.05) is 17.9 Å². The summed E-state index contributed by atoms with van der Waals surface area (Å²) in [6.07, 6.45) is 3.38. The van der Waals surface area contributed by atoms with Gasteiger partial charge in [-0.2, -0.15) is 8.78 Å². The molecule has 0 radical (unpaired) electrons. The first kappa shape index (κ1) is 14.8. The summed E-state index contributed by atoms with van der Waals surface area (Å²) >= 11 is 0. The monoisotopic (exact) mass is 280 g/mol. The van der Waals surface area contributed by atoms with Crippen LogP contribution in [0.2, 0.25) is 0 Å². The van der Waals surface area contributed by atoms with Gasteiger partial charge in [-0.15, -0.1) is 0 Å². The molecule has 0 amide bonds. The molecule has 4 heteroatoms. The standard InChI is InChI=1S/C16H18F2O2/c17-16(18)14(4-2-1-3-5-15(16)20)10-12-6-8-13(11-19)9-7-12/h6-9,11,14H,1-5,10H2. The first-order chi connectivity index (χ1) is 9.54. The summed E-state index contributed by atoms with van der Waals surface area (Å²) in [6, 6.07) is 6.60. The van der Waals surface area contributed by atoms with E-state index in [9.17, 15) is 18.4 Å². The lowest BCUT2D eigenvalue weighted by molar-refractivity contribution is -0.153. The van der Waals surface area contributed by atoms with Crippen molar-refractivity contribution in [2.24, 2.45) is 5.92 Å². The molecule has 1 saturated carbocycles. The van der Waals surface area contributed by atoms with Crippen LogP contribution in [0.5, 0.6) is 0 Å². The van der Waals surface area contributed by atoms with Crippen LogP contribution >= 0.6 is 0 Å². The van der Waals surface area contributed by atoms with Crippen LogP contribution in [0.4, 0.5) is 8.78 Å². The lowest BCUT2D eigenvalue weighted by atomic mass is 9.83. The summed E-state index contributed by atoms with van der Waals surface area (Å²) in [5, 5.41) is 0. The maximum atomic E-state index is 14.1. The fraction of sp³-hybridized carbons (Fsp3) is 0.500. The zero-order valence-electron chi connectivity index (χ0n) is 11.3. The Kier molecular flexibility index (Phi) is 4.63. The fourth-order valence-electron chi connectivity index (χ4n) is 2.68. The van der Waals surface area contributed by atoms with Gasteiger partial charge in [0.1, 0.15) is 6.29 Å². The number of carbonyl (C=O) groups is 2. The molecule has 0 N–H and O–H groups in total. The van der Waals surface area contributed by atoms with E-state index in [0.29, 0.717) is 18.4 Å². The number of carbonyl (C=O) groups excluding carboxylic acids is 2. The van der Waals surface area contributed by atoms with Crippen LogP contribution in [0.25, 0.3) is 0 Å². The molecule has 0 heterocycles. The van der Waals surface area contributed by atoms with E-state index in [1.54, 1.807) is 24.3 Å². The number of hydrogen-bond acceptors (Lipinski definition) is 2. The fourth-order valence-corrected chi connectivity index (χ4v) is 2.68. The molecular formula is C16H18F2O2. The second kappa shape index (κ2) is 6.25. The second-order valence-electron chi connectivity index (χ2n) is 5.41. The number of rotatable bonds is 3. The normalized spacial score (nSPS) is 22.9. The molecule has 1 aromatic rings. The van der Waals surface area contributed by atoms with Crippen molar-refractivity contribution < 1.29 is 18.4 Å². The molecule has 2 nitrogen and oxygen atoms in total. The highest BCUT2D eigenvalue weighted by Crippen LogP contribution is 2.36. The van der Waals surface area contributed by atoms with Crippen LogP contribution in [0, 0.1) is 5.92 Å². The molecule has 20 heavy (non-hydrogen) atoms. The van der Waals surface area contributed by atoms with Gasteiger partial charge in [-0.1, -0.05) is 37.1 Å². The van der Waals surface area contributed by atoms with Crippen molar-refractivity contribution >= 4 is 12.1 Å². The van der Waals surface area contributed by atoms with Crippen LogP contribution in [-0.4, -0.2) is 18.0 Å². The molecule has 0 saturated heterocycles. The number of benzene rings is 1. The van der Waals surface area contributed by atoms with Gasteiger partial charge in [-0.05, 0) is 24.8 Å². The summed E-state index contributed by atoms with van der Waals surface area (Å²) in [5.74, 6) is -5.09. The van der Waals surface area contributed by atoms with Gasteiger partial charge < -0.3 is 0 Å². The van der Waals surface area contributed by atoms with Crippen molar-refractivity contribution in [3.8, 4) is 0 Å². The van der Waals surface area contributed by atoms with Crippen molar-refractivity contribution in [3.63, 3.8) is 0 Å². The summed E-state index contributed by atoms with van der Waals surface area (Å²) in [4.78, 5) is 22.2. The number of aldehydes is 1. The van der Waals surface area contributed by atoms with E-state index in [-0.39, 0.29) is 12.8 Å². The lowest BCUT2D eigenvalue weighted by Gasteiger charge is -2.28. The highest BCUT2D eigenvalue weighted by molar-refractivity contribution is 5.86. The zero-order valence-corrected chi connectivity index (χ0v) is 11.3. The number of alkyl halides is 2. The van der Waals surface area contributed by atoms with Crippen molar-refractivity contribution in [1.82, 2.24) is 0 Å². The first-order valence-electron chi connectivity index (χ1n) is 6.99. The number of ketones is 1. The largest absolute Gasteiger partial charge is 0.308 e. The van der Waals surface area contributed by atoms with Gasteiger partial charge in [0.05, 0.1) is 0 Å². The minimum Gasteiger partial charge on any atom is -0.298 e. The smallest absolute Gasteiger partial charge is 0.298 e. The molecule has 108 valence electrons. The Balaban J connectivity index is 2.14. The summed E-state index contributed by atoms with van der Waals surface area (Å²) in [5.41, 5.74) is 1.27. The molecule has 1 aliphatic rings. The molecule has 1 fully saturated rings. The Labute approximate surface area is 117 Å². The maximum Gasteiger partial charge on any atom is 0.308 e. The van der Waals surface area contributed by atoms with Crippen LogP contribution in [-0.2, 0) is 11.2 Å². The van der Waals surface area contributed by atoms with Crippen molar-refractivity contribution in [3.05, 3.63) is 35.4 Å². The molecule has 1 aromatic carbocycles. The minimum atomic E-state index is -3.23. The van der Waals surface area contributed by atoms with E-state index in [2.05, 4.69) is 0 Å². The molecule has 1 unspecified atom stereocenters. The first-order valence-corrected chi connectivity index (χ1v) is 6.99. The van der Waals surface area contributed by atoms with E-state index < -0.39 is 17.6 Å². The second-order valence-corrected chi connectivity index (χ2v) is 5.41. The molecule has 0 aliphatic heterocycles. The van der Waals surface area contributed by atoms with Crippen LogP contribution in [0.1, 0.15) is 48.0 Å². The van der Waals surface area contributed by atoms with Crippen LogP contribution in [0.15, 0.2) is 24.3 Å². The third kappa shape index (κ3) is 3.30. The highest BCUT2D eigenvalue weighted by Gasteiger charge is 2.46. The molecule has 1 atom stereocenters. The Morgan fingerprint density at radius 3 is 2.50 bits per heavy atom. The summed E-state index contributed by atoms with van der Waals surface area (Å²) in [6.45, 7) is 0. The maximum absolute atomic E-state index is 14.1. The minimum absolute atomic E-state index is 0.0203. The van der Waals surface area contributed by atoms with E-state index >= 15 is 0 Å². The van der Waals surface area contributed by atoms with Gasteiger partial charge in [0.2, 0.25) is 5.78 Å². The topological polar surface area (TPSA) is 34.1 Å². The Morgan fingerprint density at radius 1 is 1.15 bits per heavy atom. The van der Waals surface area contributed by atoms with Gasteiger partial charge >= 0.3 is 5.92 Å². The molecule has 0 spiro atoms. The third-order valence-corrected chi connectivity index (χ3v) is 3.94.